The van der Waals surface area contributed by atoms with E-state index in [0.29, 0.717) is 12.1 Å². The lowest BCUT2D eigenvalue weighted by molar-refractivity contribution is -0.144. The van der Waals surface area contributed by atoms with Crippen LogP contribution in [0.5, 0.6) is 0 Å². The highest BCUT2D eigenvalue weighted by atomic mass is 16.5. The van der Waals surface area contributed by atoms with Crippen molar-refractivity contribution in [2.75, 3.05) is 19.5 Å². The van der Waals surface area contributed by atoms with Crippen LogP contribution in [0.4, 0.5) is 10.5 Å². The number of amides is 2. The van der Waals surface area contributed by atoms with Crippen molar-refractivity contribution in [2.24, 2.45) is 5.92 Å². The maximum atomic E-state index is 12.1. The molecule has 0 heterocycles. The Bertz CT molecular complexity index is 573. The van der Waals surface area contributed by atoms with Gasteiger partial charge in [-0.1, -0.05) is 32.4 Å². The van der Waals surface area contributed by atoms with Gasteiger partial charge in [0, 0.05) is 0 Å². The molecule has 0 aliphatic heterocycles. The number of carbonyl (C=O) groups is 3. The number of methoxy groups -OCH3 is 2. The van der Waals surface area contributed by atoms with Crippen molar-refractivity contribution in [3.63, 3.8) is 0 Å². The monoisotopic (exact) mass is 322 g/mol. The number of carbonyl (C=O) groups excluding carboxylic acids is 3. The zero-order chi connectivity index (χ0) is 17.4. The zero-order valence-electron chi connectivity index (χ0n) is 13.7. The van der Waals surface area contributed by atoms with Gasteiger partial charge in [-0.05, 0) is 18.1 Å². The Morgan fingerprint density at radius 1 is 1.13 bits per heavy atom. The number of anilines is 1. The minimum absolute atomic E-state index is 0.0935. The summed E-state index contributed by atoms with van der Waals surface area (Å²) in [5, 5.41) is 5.13. The van der Waals surface area contributed by atoms with Crippen LogP contribution in [0.2, 0.25) is 0 Å². The van der Waals surface area contributed by atoms with Crippen LogP contribution in [0.25, 0.3) is 0 Å². The van der Waals surface area contributed by atoms with E-state index in [1.54, 1.807) is 18.2 Å². The first kappa shape index (κ1) is 18.5. The zero-order valence-corrected chi connectivity index (χ0v) is 13.7. The Kier molecular flexibility index (Phi) is 7.05. The first-order valence-corrected chi connectivity index (χ1v) is 7.27. The van der Waals surface area contributed by atoms with Gasteiger partial charge in [0.15, 0.2) is 0 Å². The smallest absolute Gasteiger partial charge is 0.339 e. The summed E-state index contributed by atoms with van der Waals surface area (Å²) in [6.07, 6.45) is 0.693. The highest BCUT2D eigenvalue weighted by Gasteiger charge is 2.27. The molecule has 23 heavy (non-hydrogen) atoms. The summed E-state index contributed by atoms with van der Waals surface area (Å²) in [7, 11) is 2.53. The van der Waals surface area contributed by atoms with E-state index >= 15 is 0 Å². The molecular weight excluding hydrogens is 300 g/mol. The fraction of sp³-hybridized carbons (Fsp3) is 0.438. The number of ether oxygens (including phenoxy) is 2. The van der Waals surface area contributed by atoms with Crippen molar-refractivity contribution >= 4 is 23.7 Å². The molecule has 0 aliphatic carbocycles. The van der Waals surface area contributed by atoms with Crippen molar-refractivity contribution < 1.29 is 23.9 Å². The SMILES string of the molecule is CC[C@H](C)[C@H](NC(=O)Nc1ccccc1C(=O)OC)C(=O)OC. The summed E-state index contributed by atoms with van der Waals surface area (Å²) in [5.74, 6) is -1.17. The van der Waals surface area contributed by atoms with Gasteiger partial charge in [0.05, 0.1) is 25.5 Å². The van der Waals surface area contributed by atoms with Gasteiger partial charge in [0.25, 0.3) is 0 Å². The van der Waals surface area contributed by atoms with E-state index < -0.39 is 24.0 Å². The molecule has 0 saturated carbocycles. The third kappa shape index (κ3) is 4.98. The van der Waals surface area contributed by atoms with Gasteiger partial charge in [-0.2, -0.15) is 0 Å². The van der Waals surface area contributed by atoms with Crippen molar-refractivity contribution in [3.8, 4) is 0 Å². The predicted octanol–water partition coefficient (Wildman–Crippen LogP) is 2.18. The molecule has 126 valence electrons. The predicted molar refractivity (Wildman–Crippen MR) is 85.2 cm³/mol. The van der Waals surface area contributed by atoms with E-state index in [1.165, 1.54) is 20.3 Å². The highest BCUT2D eigenvalue weighted by Crippen LogP contribution is 2.16. The lowest BCUT2D eigenvalue weighted by Crippen LogP contribution is -2.47. The number of hydrogen-bond donors (Lipinski definition) is 2. The maximum absolute atomic E-state index is 12.1. The lowest BCUT2D eigenvalue weighted by Gasteiger charge is -2.22. The Labute approximate surface area is 135 Å². The third-order valence-electron chi connectivity index (χ3n) is 3.54. The molecule has 2 N–H and O–H groups in total. The Morgan fingerprint density at radius 2 is 1.78 bits per heavy atom. The van der Waals surface area contributed by atoms with Crippen LogP contribution in [0, 0.1) is 5.92 Å². The summed E-state index contributed by atoms with van der Waals surface area (Å²) in [6.45, 7) is 3.75. The summed E-state index contributed by atoms with van der Waals surface area (Å²) in [5.41, 5.74) is 0.521. The minimum atomic E-state index is -0.768. The van der Waals surface area contributed by atoms with Gasteiger partial charge < -0.3 is 20.1 Å². The molecule has 0 fully saturated rings. The fourth-order valence-electron chi connectivity index (χ4n) is 1.98. The van der Waals surface area contributed by atoms with Crippen molar-refractivity contribution in [1.82, 2.24) is 5.32 Å². The minimum Gasteiger partial charge on any atom is -0.467 e. The van der Waals surface area contributed by atoms with Gasteiger partial charge in [-0.3, -0.25) is 0 Å². The first-order chi connectivity index (χ1) is 10.9. The van der Waals surface area contributed by atoms with Gasteiger partial charge in [-0.15, -0.1) is 0 Å². The Balaban J connectivity index is 2.87. The molecule has 0 aromatic heterocycles. The number of para-hydroxylation sites is 1. The standard InChI is InChI=1S/C16H22N2O5/c1-5-10(2)13(15(20)23-4)18-16(21)17-12-9-7-6-8-11(12)14(19)22-3/h6-10,13H,5H2,1-4H3,(H2,17,18,21)/t10-,13-/m0/s1. The molecule has 7 nitrogen and oxygen atoms in total. The summed E-state index contributed by atoms with van der Waals surface area (Å²) < 4.78 is 9.38. The number of nitrogens with one attached hydrogen (secondary N) is 2. The lowest BCUT2D eigenvalue weighted by atomic mass is 9.99. The van der Waals surface area contributed by atoms with E-state index in [9.17, 15) is 14.4 Å². The van der Waals surface area contributed by atoms with E-state index in [1.807, 2.05) is 13.8 Å². The van der Waals surface area contributed by atoms with Crippen LogP contribution in [0.15, 0.2) is 24.3 Å². The van der Waals surface area contributed by atoms with E-state index in [2.05, 4.69) is 15.4 Å². The van der Waals surface area contributed by atoms with E-state index in [4.69, 9.17) is 4.74 Å². The molecule has 0 bridgehead atoms. The van der Waals surface area contributed by atoms with Crippen LogP contribution in [0.3, 0.4) is 0 Å². The second-order valence-electron chi connectivity index (χ2n) is 5.02. The van der Waals surface area contributed by atoms with Gasteiger partial charge in [0.2, 0.25) is 0 Å². The topological polar surface area (TPSA) is 93.7 Å². The average molecular weight is 322 g/mol. The molecule has 2 atom stereocenters. The van der Waals surface area contributed by atoms with Crippen LogP contribution in [-0.4, -0.2) is 38.2 Å². The molecule has 0 unspecified atom stereocenters. The molecule has 1 rings (SSSR count). The molecule has 0 spiro atoms. The first-order valence-electron chi connectivity index (χ1n) is 7.27. The van der Waals surface area contributed by atoms with Crippen LogP contribution >= 0.6 is 0 Å². The Hall–Kier alpha value is -2.57. The highest BCUT2D eigenvalue weighted by molar-refractivity contribution is 6.01. The molecule has 0 saturated heterocycles. The number of urea groups is 1. The molecule has 2 amide bonds. The van der Waals surface area contributed by atoms with Gasteiger partial charge in [0.1, 0.15) is 6.04 Å². The Morgan fingerprint density at radius 3 is 2.35 bits per heavy atom. The molecular formula is C16H22N2O5. The number of esters is 2. The summed E-state index contributed by atoms with van der Waals surface area (Å²) >= 11 is 0. The normalized spacial score (nSPS) is 12.7. The quantitative estimate of drug-likeness (QED) is 0.783. The fourth-order valence-corrected chi connectivity index (χ4v) is 1.98. The van der Waals surface area contributed by atoms with Crippen LogP contribution in [0.1, 0.15) is 30.6 Å². The van der Waals surface area contributed by atoms with Crippen LogP contribution < -0.4 is 10.6 Å². The van der Waals surface area contributed by atoms with Crippen molar-refractivity contribution in [3.05, 3.63) is 29.8 Å². The molecule has 1 aromatic carbocycles. The summed E-state index contributed by atoms with van der Waals surface area (Å²) in [6, 6.07) is 5.07. The number of hydrogen-bond acceptors (Lipinski definition) is 5. The van der Waals surface area contributed by atoms with Crippen molar-refractivity contribution in [1.29, 1.82) is 0 Å². The van der Waals surface area contributed by atoms with Gasteiger partial charge in [-0.25, -0.2) is 14.4 Å². The molecule has 0 radical (unpaired) electrons. The van der Waals surface area contributed by atoms with Crippen LogP contribution in [-0.2, 0) is 14.3 Å². The second-order valence-corrected chi connectivity index (χ2v) is 5.02. The van der Waals surface area contributed by atoms with E-state index in [-0.39, 0.29) is 11.5 Å². The number of rotatable bonds is 6. The van der Waals surface area contributed by atoms with E-state index in [0.717, 1.165) is 0 Å². The second kappa shape index (κ2) is 8.77. The molecule has 0 aliphatic rings. The maximum Gasteiger partial charge on any atom is 0.339 e. The van der Waals surface area contributed by atoms with Crippen molar-refractivity contribution in [2.45, 2.75) is 26.3 Å². The van der Waals surface area contributed by atoms with Gasteiger partial charge >= 0.3 is 18.0 Å². The average Bonchev–Trinajstić information content (AvgIpc) is 2.58. The molecule has 7 heteroatoms. The number of benzene rings is 1. The molecule has 1 aromatic rings. The largest absolute Gasteiger partial charge is 0.467 e. The summed E-state index contributed by atoms with van der Waals surface area (Å²) in [4.78, 5) is 35.6. The third-order valence-corrected chi connectivity index (χ3v) is 3.54.